The number of hydrogen-bond donors (Lipinski definition) is 2. The van der Waals surface area contributed by atoms with E-state index >= 15 is 0 Å². The Balaban J connectivity index is 1.000. The van der Waals surface area contributed by atoms with E-state index in [0.29, 0.717) is 23.0 Å². The molecular formula is C63H42N6O2. The van der Waals surface area contributed by atoms with Crippen molar-refractivity contribution in [2.75, 3.05) is 7.05 Å². The predicted octanol–water partition coefficient (Wildman–Crippen LogP) is 15.5. The maximum absolute atomic E-state index is 11.9. The van der Waals surface area contributed by atoms with Crippen molar-refractivity contribution in [1.29, 1.82) is 0 Å². The van der Waals surface area contributed by atoms with Crippen molar-refractivity contribution >= 4 is 98.4 Å². The summed E-state index contributed by atoms with van der Waals surface area (Å²) in [6, 6.07) is 77.8. The Labute approximate surface area is 406 Å². The molecule has 0 bridgehead atoms. The molecule has 5 aromatic heterocycles. The zero-order valence-electron chi connectivity index (χ0n) is 38.5. The highest BCUT2D eigenvalue weighted by Crippen LogP contribution is 2.42. The van der Waals surface area contributed by atoms with E-state index in [1.165, 1.54) is 10.8 Å². The average Bonchev–Trinajstić information content (AvgIpc) is 4.07. The molecule has 0 unspecified atom stereocenters. The largest absolute Gasteiger partial charge is 0.493 e. The van der Waals surface area contributed by atoms with Gasteiger partial charge in [0.05, 0.1) is 38.6 Å². The molecule has 0 atom stereocenters. The molecule has 9 aromatic carbocycles. The number of aliphatic hydroxyl groups excluding tert-OH is 1. The highest BCUT2D eigenvalue weighted by Gasteiger charge is 2.24. The minimum absolute atomic E-state index is 0.0121. The van der Waals surface area contributed by atoms with Crippen LogP contribution in [0.4, 0.5) is 0 Å². The second kappa shape index (κ2) is 16.0. The lowest BCUT2D eigenvalue weighted by Crippen LogP contribution is -2.14. The number of hydrogen-bond acceptors (Lipinski definition) is 5. The van der Waals surface area contributed by atoms with Crippen LogP contribution in [0.1, 0.15) is 5.56 Å². The molecule has 2 N–H and O–H groups in total. The summed E-state index contributed by atoms with van der Waals surface area (Å²) < 4.78 is 13.6. The predicted molar refractivity (Wildman–Crippen MR) is 292 cm³/mol. The Hall–Kier alpha value is -9.66. The average molecular weight is 915 g/mol. The van der Waals surface area contributed by atoms with Crippen LogP contribution in [0.5, 0.6) is 11.6 Å². The molecule has 14 rings (SSSR count). The Morgan fingerprint density at radius 3 is 1.83 bits per heavy atom. The molecule has 8 nitrogen and oxygen atoms in total. The quantitative estimate of drug-likeness (QED) is 0.156. The molecule has 5 heterocycles. The van der Waals surface area contributed by atoms with E-state index in [-0.39, 0.29) is 5.88 Å². The Morgan fingerprint density at radius 1 is 0.465 bits per heavy atom. The van der Waals surface area contributed by atoms with E-state index in [2.05, 4.69) is 178 Å². The van der Waals surface area contributed by atoms with Crippen LogP contribution in [-0.2, 0) is 0 Å². The number of benzene rings is 9. The highest BCUT2D eigenvalue weighted by molar-refractivity contribution is 6.21. The molecule has 336 valence electrons. The third kappa shape index (κ3) is 6.18. The molecule has 71 heavy (non-hydrogen) atoms. The normalized spacial score (nSPS) is 12.3. The van der Waals surface area contributed by atoms with Gasteiger partial charge in [-0.15, -0.1) is 0 Å². The fraction of sp³-hybridized carbons (Fsp3) is 0.0159. The minimum Gasteiger partial charge on any atom is -0.493 e. The molecular weight excluding hydrogens is 873 g/mol. The molecule has 0 saturated heterocycles. The topological polar surface area (TPSA) is 81.5 Å². The van der Waals surface area contributed by atoms with Gasteiger partial charge in [0.15, 0.2) is 0 Å². The van der Waals surface area contributed by atoms with Crippen molar-refractivity contribution in [3.63, 3.8) is 0 Å². The van der Waals surface area contributed by atoms with Crippen molar-refractivity contribution in [3.05, 3.63) is 236 Å². The molecule has 0 fully saturated rings. The van der Waals surface area contributed by atoms with Crippen molar-refractivity contribution in [1.82, 2.24) is 28.8 Å². The van der Waals surface area contributed by atoms with E-state index in [4.69, 9.17) is 14.7 Å². The Morgan fingerprint density at radius 2 is 1.04 bits per heavy atom. The van der Waals surface area contributed by atoms with Gasteiger partial charge in [-0.1, -0.05) is 164 Å². The van der Waals surface area contributed by atoms with Crippen molar-refractivity contribution in [2.24, 2.45) is 0 Å². The number of nitrogens with one attached hydrogen (secondary N) is 1. The number of aromatic nitrogens is 5. The minimum atomic E-state index is 0.0121. The lowest BCUT2D eigenvalue weighted by Gasteiger charge is -2.18. The molecule has 0 radical (unpaired) electrons. The van der Waals surface area contributed by atoms with Gasteiger partial charge in [-0.3, -0.25) is 9.13 Å². The summed E-state index contributed by atoms with van der Waals surface area (Å²) in [5.41, 5.74) is 11.1. The van der Waals surface area contributed by atoms with Gasteiger partial charge in [0.2, 0.25) is 11.8 Å². The van der Waals surface area contributed by atoms with Crippen LogP contribution in [0.15, 0.2) is 230 Å². The lowest BCUT2D eigenvalue weighted by molar-refractivity contribution is 0.377. The molecule has 0 amide bonds. The number of nitrogens with zero attached hydrogens (tertiary/aromatic N) is 5. The van der Waals surface area contributed by atoms with Gasteiger partial charge in [-0.2, -0.15) is 4.98 Å². The molecule has 0 saturated carbocycles. The molecule has 8 heteroatoms. The van der Waals surface area contributed by atoms with E-state index in [9.17, 15) is 5.11 Å². The van der Waals surface area contributed by atoms with Crippen molar-refractivity contribution in [3.8, 4) is 28.6 Å². The van der Waals surface area contributed by atoms with Crippen LogP contribution in [0.25, 0.3) is 115 Å². The maximum Gasteiger partial charge on any atom is 0.221 e. The summed E-state index contributed by atoms with van der Waals surface area (Å²) in [5, 5.41) is 24.7. The number of ether oxygens (including phenoxy) is 1. The zero-order chi connectivity index (χ0) is 47.2. The summed E-state index contributed by atoms with van der Waals surface area (Å²) in [5.74, 6) is 1.83. The molecule has 0 aliphatic heterocycles. The monoisotopic (exact) mass is 914 g/mol. The van der Waals surface area contributed by atoms with Crippen molar-refractivity contribution in [2.45, 2.75) is 0 Å². The smallest absolute Gasteiger partial charge is 0.221 e. The summed E-state index contributed by atoms with van der Waals surface area (Å²) in [7, 11) is 1.73. The van der Waals surface area contributed by atoms with Gasteiger partial charge >= 0.3 is 0 Å². The first-order valence-electron chi connectivity index (χ1n) is 23.8. The zero-order valence-corrected chi connectivity index (χ0v) is 38.5. The number of rotatable bonds is 7. The van der Waals surface area contributed by atoms with E-state index in [0.717, 1.165) is 98.8 Å². The molecule has 14 aromatic rings. The lowest BCUT2D eigenvalue weighted by atomic mass is 9.97. The van der Waals surface area contributed by atoms with Crippen LogP contribution in [0.3, 0.4) is 0 Å². The van der Waals surface area contributed by atoms with Crippen LogP contribution >= 0.6 is 0 Å². The van der Waals surface area contributed by atoms with Crippen molar-refractivity contribution < 1.29 is 9.84 Å². The number of para-hydroxylation sites is 6. The second-order valence-corrected chi connectivity index (χ2v) is 17.9. The summed E-state index contributed by atoms with van der Waals surface area (Å²) in [6.07, 6.45) is 0. The standard InChI is InChI=1S/C63H42N6O2/c1-64-63(70)60(47-25-7-5-20-41(47)39-18-3-2-4-19-39)69-55-32-15-11-24-45(55)51-36-37-58(66-62(51)69)71-40-34-35-46-43-22-9-14-31-54(43)68(57(46)38-40)61-50-26-8-6-21-42(50)48-27-17-28-49-44-23-10-13-30-53(44)67(59(48)49)56-33-16-12-29-52(56)65-61/h2-38,64,70H,1H3/b63-60-,65-61?. The Bertz CT molecular complexity index is 4560. The first-order valence-corrected chi connectivity index (χ1v) is 23.8. The molecule has 0 aliphatic carbocycles. The third-order valence-electron chi connectivity index (χ3n) is 14.0. The summed E-state index contributed by atoms with van der Waals surface area (Å²) in [4.78, 5) is 11.0. The maximum atomic E-state index is 11.9. The van der Waals surface area contributed by atoms with Crippen LogP contribution in [0.2, 0.25) is 0 Å². The summed E-state index contributed by atoms with van der Waals surface area (Å²) >= 11 is 0. The SMILES string of the molecule is CN/C(O)=C(\c1ccccc1-c1ccccc1)n1c2ccccc2c2ccc(Oc3ccc4c5ccccc5n(-c5nc6ccccc6n6c7ccccc7c7cccc(c8ccccc58)c76)c4c3)nc21. The van der Waals surface area contributed by atoms with E-state index in [1.54, 1.807) is 7.05 Å². The molecule has 0 aliphatic rings. The van der Waals surface area contributed by atoms with E-state index < -0.39 is 0 Å². The number of aliphatic hydroxyl groups is 1. The van der Waals surface area contributed by atoms with Gasteiger partial charge in [-0.05, 0) is 65.0 Å². The second-order valence-electron chi connectivity index (χ2n) is 17.9. The third-order valence-corrected chi connectivity index (χ3v) is 14.0. The van der Waals surface area contributed by atoms with E-state index in [1.807, 2.05) is 65.2 Å². The summed E-state index contributed by atoms with van der Waals surface area (Å²) in [6.45, 7) is 0. The number of fused-ring (bicyclic) bond motifs is 13. The fourth-order valence-corrected chi connectivity index (χ4v) is 11.0. The van der Waals surface area contributed by atoms with Gasteiger partial charge < -0.3 is 19.6 Å². The fourth-order valence-electron chi connectivity index (χ4n) is 11.0. The van der Waals surface area contributed by atoms with Gasteiger partial charge in [0.1, 0.15) is 22.9 Å². The Kier molecular flexibility index (Phi) is 9.09. The van der Waals surface area contributed by atoms with Gasteiger partial charge in [0.25, 0.3) is 0 Å². The highest BCUT2D eigenvalue weighted by atomic mass is 16.5. The van der Waals surface area contributed by atoms with Crippen LogP contribution in [0, 0.1) is 0 Å². The van der Waals surface area contributed by atoms with Crippen LogP contribution < -0.4 is 10.1 Å². The van der Waals surface area contributed by atoms with Crippen LogP contribution in [-0.4, -0.2) is 35.7 Å². The van der Waals surface area contributed by atoms with Gasteiger partial charge in [0, 0.05) is 67.8 Å². The molecule has 0 spiro atoms. The number of pyridine rings is 1. The first kappa shape index (κ1) is 40.4. The first-order chi connectivity index (χ1) is 35.1. The van der Waals surface area contributed by atoms with Gasteiger partial charge in [-0.25, -0.2) is 4.98 Å².